The van der Waals surface area contributed by atoms with Gasteiger partial charge in [-0.1, -0.05) is 12.1 Å². The fourth-order valence-corrected chi connectivity index (χ4v) is 2.57. The predicted octanol–water partition coefficient (Wildman–Crippen LogP) is 2.44. The highest BCUT2D eigenvalue weighted by Gasteiger charge is 2.14. The van der Waals surface area contributed by atoms with Crippen molar-refractivity contribution in [2.75, 3.05) is 19.5 Å². The number of amides is 2. The number of ether oxygens (including phenoxy) is 2. The third-order valence-electron chi connectivity index (χ3n) is 3.92. The third kappa shape index (κ3) is 3.77. The first-order chi connectivity index (χ1) is 12.6. The van der Waals surface area contributed by atoms with E-state index in [0.717, 1.165) is 16.5 Å². The second kappa shape index (κ2) is 7.60. The Balaban J connectivity index is 1.59. The Labute approximate surface area is 150 Å². The van der Waals surface area contributed by atoms with E-state index in [1.807, 2.05) is 18.3 Å². The predicted molar refractivity (Wildman–Crippen MR) is 98.3 cm³/mol. The molecule has 3 N–H and O–H groups in total. The van der Waals surface area contributed by atoms with Gasteiger partial charge in [0.15, 0.2) is 11.5 Å². The summed E-state index contributed by atoms with van der Waals surface area (Å²) >= 11 is 0. The minimum atomic E-state index is -0.726. The summed E-state index contributed by atoms with van der Waals surface area (Å²) in [6.45, 7) is 0.197. The highest BCUT2D eigenvalue weighted by molar-refractivity contribution is 6.39. The number of H-pyrrole nitrogens is 1. The number of nitrogens with one attached hydrogen (secondary N) is 3. The van der Waals surface area contributed by atoms with Gasteiger partial charge in [-0.3, -0.25) is 9.59 Å². The lowest BCUT2D eigenvalue weighted by Gasteiger charge is -2.10. The van der Waals surface area contributed by atoms with E-state index in [1.165, 1.54) is 7.11 Å². The van der Waals surface area contributed by atoms with Crippen LogP contribution in [0.5, 0.6) is 11.5 Å². The summed E-state index contributed by atoms with van der Waals surface area (Å²) < 4.78 is 10.4. The molecule has 0 unspecified atom stereocenters. The van der Waals surface area contributed by atoms with Crippen molar-refractivity contribution in [1.29, 1.82) is 0 Å². The Bertz CT molecular complexity index is 949. The number of fused-ring (bicyclic) bond motifs is 1. The molecule has 1 aromatic heterocycles. The van der Waals surface area contributed by atoms with Crippen LogP contribution in [-0.2, 0) is 16.1 Å². The van der Waals surface area contributed by atoms with Crippen molar-refractivity contribution < 1.29 is 19.1 Å². The Hall–Kier alpha value is -3.48. The van der Waals surface area contributed by atoms with Crippen LogP contribution in [0.1, 0.15) is 5.56 Å². The lowest BCUT2D eigenvalue weighted by atomic mass is 10.2. The number of carbonyl (C=O) groups is 2. The van der Waals surface area contributed by atoms with Gasteiger partial charge in [-0.2, -0.15) is 0 Å². The molecule has 7 heteroatoms. The lowest BCUT2D eigenvalue weighted by Crippen LogP contribution is -2.34. The van der Waals surface area contributed by atoms with Crippen LogP contribution in [0.25, 0.3) is 10.9 Å². The Kier molecular flexibility index (Phi) is 5.07. The Morgan fingerprint density at radius 1 is 0.962 bits per heavy atom. The van der Waals surface area contributed by atoms with Crippen molar-refractivity contribution in [1.82, 2.24) is 10.3 Å². The highest BCUT2D eigenvalue weighted by atomic mass is 16.5. The third-order valence-corrected chi connectivity index (χ3v) is 3.92. The summed E-state index contributed by atoms with van der Waals surface area (Å²) in [5.41, 5.74) is 2.22. The smallest absolute Gasteiger partial charge is 0.313 e. The van der Waals surface area contributed by atoms with Crippen LogP contribution in [0.15, 0.2) is 48.7 Å². The molecule has 0 atom stereocenters. The standard InChI is InChI=1S/C19H19N3O4/c1-25-16-6-3-12(9-17(16)26-2)11-21-18(23)19(24)22-14-5-4-13-7-8-20-15(13)10-14/h3-10,20H,11H2,1-2H3,(H,21,23)(H,22,24). The number of aromatic amines is 1. The molecule has 1 heterocycles. The summed E-state index contributed by atoms with van der Waals surface area (Å²) in [5, 5.41) is 6.20. The van der Waals surface area contributed by atoms with Crippen LogP contribution in [0.4, 0.5) is 5.69 Å². The van der Waals surface area contributed by atoms with E-state index in [2.05, 4.69) is 15.6 Å². The first-order valence-corrected chi connectivity index (χ1v) is 7.98. The van der Waals surface area contributed by atoms with E-state index in [9.17, 15) is 9.59 Å². The van der Waals surface area contributed by atoms with Crippen molar-refractivity contribution in [2.24, 2.45) is 0 Å². The minimum Gasteiger partial charge on any atom is -0.493 e. The molecule has 7 nitrogen and oxygen atoms in total. The largest absolute Gasteiger partial charge is 0.493 e. The minimum absolute atomic E-state index is 0.197. The van der Waals surface area contributed by atoms with Gasteiger partial charge in [0, 0.05) is 23.9 Å². The number of anilines is 1. The van der Waals surface area contributed by atoms with E-state index in [1.54, 1.807) is 37.4 Å². The fourth-order valence-electron chi connectivity index (χ4n) is 2.57. The monoisotopic (exact) mass is 353 g/mol. The SMILES string of the molecule is COc1ccc(CNC(=O)C(=O)Nc2ccc3cc[nH]c3c2)cc1OC. The second-order valence-corrected chi connectivity index (χ2v) is 5.61. The fraction of sp³-hybridized carbons (Fsp3) is 0.158. The van der Waals surface area contributed by atoms with Crippen molar-refractivity contribution in [3.63, 3.8) is 0 Å². The number of hydrogen-bond donors (Lipinski definition) is 3. The van der Waals surface area contributed by atoms with E-state index >= 15 is 0 Å². The van der Waals surface area contributed by atoms with Gasteiger partial charge in [-0.25, -0.2) is 0 Å². The summed E-state index contributed by atoms with van der Waals surface area (Å²) in [7, 11) is 3.09. The van der Waals surface area contributed by atoms with Crippen LogP contribution < -0.4 is 20.1 Å². The first-order valence-electron chi connectivity index (χ1n) is 7.98. The van der Waals surface area contributed by atoms with Crippen molar-refractivity contribution in [2.45, 2.75) is 6.54 Å². The average molecular weight is 353 g/mol. The van der Waals surface area contributed by atoms with Crippen molar-refractivity contribution in [3.05, 3.63) is 54.2 Å². The zero-order valence-electron chi connectivity index (χ0n) is 14.5. The summed E-state index contributed by atoms with van der Waals surface area (Å²) in [6.07, 6.45) is 1.81. The zero-order chi connectivity index (χ0) is 18.5. The maximum absolute atomic E-state index is 12.1. The Morgan fingerprint density at radius 2 is 1.77 bits per heavy atom. The van der Waals surface area contributed by atoms with Gasteiger partial charge in [0.1, 0.15) is 0 Å². The van der Waals surface area contributed by atoms with Crippen LogP contribution in [0.3, 0.4) is 0 Å². The van der Waals surface area contributed by atoms with Crippen LogP contribution >= 0.6 is 0 Å². The van der Waals surface area contributed by atoms with Crippen molar-refractivity contribution >= 4 is 28.4 Å². The normalized spacial score (nSPS) is 10.4. The van der Waals surface area contributed by atoms with Gasteiger partial charge in [0.2, 0.25) is 0 Å². The molecule has 0 saturated carbocycles. The molecule has 0 radical (unpaired) electrons. The zero-order valence-corrected chi connectivity index (χ0v) is 14.5. The van der Waals surface area contributed by atoms with Gasteiger partial charge >= 0.3 is 11.8 Å². The number of benzene rings is 2. The molecule has 26 heavy (non-hydrogen) atoms. The molecule has 0 fully saturated rings. The lowest BCUT2D eigenvalue weighted by molar-refractivity contribution is -0.136. The molecule has 0 aliphatic rings. The molecule has 0 saturated heterocycles. The van der Waals surface area contributed by atoms with Gasteiger partial charge < -0.3 is 25.1 Å². The molecule has 0 bridgehead atoms. The van der Waals surface area contributed by atoms with E-state index < -0.39 is 11.8 Å². The van der Waals surface area contributed by atoms with Gasteiger partial charge in [0.05, 0.1) is 14.2 Å². The number of aromatic nitrogens is 1. The summed E-state index contributed by atoms with van der Waals surface area (Å²) in [5.74, 6) is -0.286. The summed E-state index contributed by atoms with van der Waals surface area (Å²) in [6, 6.07) is 12.6. The molecule has 0 spiro atoms. The molecule has 0 aliphatic carbocycles. The van der Waals surface area contributed by atoms with E-state index in [-0.39, 0.29) is 6.54 Å². The maximum Gasteiger partial charge on any atom is 0.313 e. The average Bonchev–Trinajstić information content (AvgIpc) is 3.13. The summed E-state index contributed by atoms with van der Waals surface area (Å²) in [4.78, 5) is 27.1. The molecule has 0 aliphatic heterocycles. The molecular weight excluding hydrogens is 334 g/mol. The van der Waals surface area contributed by atoms with Gasteiger partial charge in [-0.05, 0) is 41.3 Å². The maximum atomic E-state index is 12.1. The van der Waals surface area contributed by atoms with Gasteiger partial charge in [0.25, 0.3) is 0 Å². The van der Waals surface area contributed by atoms with Crippen molar-refractivity contribution in [3.8, 4) is 11.5 Å². The Morgan fingerprint density at radius 3 is 2.54 bits per heavy atom. The van der Waals surface area contributed by atoms with E-state index in [4.69, 9.17) is 9.47 Å². The second-order valence-electron chi connectivity index (χ2n) is 5.61. The topological polar surface area (TPSA) is 92.5 Å². The number of rotatable bonds is 5. The molecule has 2 aromatic carbocycles. The highest BCUT2D eigenvalue weighted by Crippen LogP contribution is 2.27. The molecule has 134 valence electrons. The first kappa shape index (κ1) is 17.3. The quantitative estimate of drug-likeness (QED) is 0.614. The van der Waals surface area contributed by atoms with Crippen LogP contribution in [0, 0.1) is 0 Å². The van der Waals surface area contributed by atoms with Gasteiger partial charge in [-0.15, -0.1) is 0 Å². The van der Waals surface area contributed by atoms with E-state index in [0.29, 0.717) is 17.2 Å². The molecule has 2 amide bonds. The number of carbonyl (C=O) groups excluding carboxylic acids is 2. The molecule has 3 aromatic rings. The molecule has 3 rings (SSSR count). The number of methoxy groups -OCH3 is 2. The number of hydrogen-bond acceptors (Lipinski definition) is 4. The van der Waals surface area contributed by atoms with Crippen LogP contribution in [0.2, 0.25) is 0 Å². The van der Waals surface area contributed by atoms with Crippen LogP contribution in [-0.4, -0.2) is 31.0 Å². The molecular formula is C19H19N3O4.